The Morgan fingerprint density at radius 1 is 1.15 bits per heavy atom. The van der Waals surface area contributed by atoms with E-state index in [-0.39, 0.29) is 0 Å². The molecule has 0 unspecified atom stereocenters. The highest BCUT2D eigenvalue weighted by molar-refractivity contribution is 9.10. The minimum atomic E-state index is 0.563. The molecular weight excluding hydrogens is 342 g/mol. The molecule has 106 valence electrons. The van der Waals surface area contributed by atoms with E-state index in [4.69, 9.17) is 21.1 Å². The second-order valence-electron chi connectivity index (χ2n) is 4.08. The van der Waals surface area contributed by atoms with Crippen LogP contribution in [0.3, 0.4) is 0 Å². The highest BCUT2D eigenvalue weighted by atomic mass is 79.9. The van der Waals surface area contributed by atoms with Crippen LogP contribution in [0, 0.1) is 0 Å². The Morgan fingerprint density at radius 3 is 2.55 bits per heavy atom. The van der Waals surface area contributed by atoms with Gasteiger partial charge in [0.1, 0.15) is 18.1 Å². The molecule has 0 atom stereocenters. The van der Waals surface area contributed by atoms with Crippen LogP contribution in [0.2, 0.25) is 5.02 Å². The van der Waals surface area contributed by atoms with E-state index in [1.807, 2.05) is 42.5 Å². The number of ether oxygens (including phenoxy) is 2. The third kappa shape index (κ3) is 4.32. The molecule has 0 aliphatic carbocycles. The second kappa shape index (κ2) is 7.41. The summed E-state index contributed by atoms with van der Waals surface area (Å²) >= 11 is 9.28. The third-order valence-electron chi connectivity index (χ3n) is 2.67. The molecule has 0 saturated heterocycles. The molecule has 2 rings (SSSR count). The lowest BCUT2D eigenvalue weighted by atomic mass is 10.3. The maximum atomic E-state index is 5.83. The van der Waals surface area contributed by atoms with Gasteiger partial charge in [0.2, 0.25) is 0 Å². The van der Waals surface area contributed by atoms with E-state index in [0.717, 1.165) is 26.7 Å². The van der Waals surface area contributed by atoms with Gasteiger partial charge in [-0.15, -0.1) is 0 Å². The van der Waals surface area contributed by atoms with Crippen LogP contribution in [0.5, 0.6) is 11.5 Å². The van der Waals surface area contributed by atoms with E-state index in [9.17, 15) is 0 Å². The molecule has 0 heterocycles. The van der Waals surface area contributed by atoms with Crippen LogP contribution in [0.25, 0.3) is 0 Å². The van der Waals surface area contributed by atoms with Crippen molar-refractivity contribution in [3.8, 4) is 11.5 Å². The van der Waals surface area contributed by atoms with Gasteiger partial charge in [-0.3, -0.25) is 0 Å². The lowest BCUT2D eigenvalue weighted by molar-refractivity contribution is 0.329. The van der Waals surface area contributed by atoms with Gasteiger partial charge in [0, 0.05) is 17.3 Å². The zero-order chi connectivity index (χ0) is 14.4. The zero-order valence-electron chi connectivity index (χ0n) is 11.0. The van der Waals surface area contributed by atoms with Crippen LogP contribution in [-0.2, 0) is 0 Å². The summed E-state index contributed by atoms with van der Waals surface area (Å²) in [6, 6.07) is 13.2. The fourth-order valence-electron chi connectivity index (χ4n) is 1.65. The molecule has 2 aromatic rings. The Bertz CT molecular complexity index is 560. The van der Waals surface area contributed by atoms with Crippen molar-refractivity contribution in [1.82, 2.24) is 0 Å². The van der Waals surface area contributed by atoms with Crippen LogP contribution in [-0.4, -0.2) is 20.3 Å². The first-order valence-electron chi connectivity index (χ1n) is 6.15. The number of halogens is 2. The quantitative estimate of drug-likeness (QED) is 0.767. The van der Waals surface area contributed by atoms with Gasteiger partial charge < -0.3 is 14.8 Å². The van der Waals surface area contributed by atoms with Gasteiger partial charge in [0.15, 0.2) is 0 Å². The summed E-state index contributed by atoms with van der Waals surface area (Å²) in [5.74, 6) is 1.59. The Balaban J connectivity index is 1.79. The predicted octanol–water partition coefficient (Wildman–Crippen LogP) is 4.60. The molecule has 20 heavy (non-hydrogen) atoms. The number of anilines is 1. The first-order chi connectivity index (χ1) is 9.69. The Labute approximate surface area is 132 Å². The van der Waals surface area contributed by atoms with Gasteiger partial charge in [0.05, 0.1) is 11.6 Å². The van der Waals surface area contributed by atoms with E-state index in [1.54, 1.807) is 7.11 Å². The Kier molecular flexibility index (Phi) is 5.56. The molecule has 0 fully saturated rings. The van der Waals surface area contributed by atoms with Crippen molar-refractivity contribution in [2.24, 2.45) is 0 Å². The van der Waals surface area contributed by atoms with Gasteiger partial charge in [-0.25, -0.2) is 0 Å². The standard InChI is InChI=1S/C15H15BrClNO2/c1-19-13-6-7-15(14(16)10-13)20-9-8-18-12-4-2-11(17)3-5-12/h2-7,10,18H,8-9H2,1H3. The molecule has 0 radical (unpaired) electrons. The van der Waals surface area contributed by atoms with E-state index in [0.29, 0.717) is 13.2 Å². The molecule has 0 aliphatic rings. The Hall–Kier alpha value is -1.39. The summed E-state index contributed by atoms with van der Waals surface area (Å²) in [4.78, 5) is 0. The number of benzene rings is 2. The second-order valence-corrected chi connectivity index (χ2v) is 5.37. The molecule has 0 amide bonds. The average Bonchev–Trinajstić information content (AvgIpc) is 2.46. The van der Waals surface area contributed by atoms with E-state index < -0.39 is 0 Å². The number of hydrogen-bond acceptors (Lipinski definition) is 3. The van der Waals surface area contributed by atoms with Crippen LogP contribution in [0.1, 0.15) is 0 Å². The van der Waals surface area contributed by atoms with Gasteiger partial charge in [-0.05, 0) is 58.4 Å². The van der Waals surface area contributed by atoms with Crippen molar-refractivity contribution in [3.63, 3.8) is 0 Å². The van der Waals surface area contributed by atoms with E-state index in [1.165, 1.54) is 0 Å². The van der Waals surface area contributed by atoms with E-state index in [2.05, 4.69) is 21.2 Å². The van der Waals surface area contributed by atoms with Crippen molar-refractivity contribution in [3.05, 3.63) is 52.0 Å². The smallest absolute Gasteiger partial charge is 0.133 e. The predicted molar refractivity (Wildman–Crippen MR) is 86.1 cm³/mol. The monoisotopic (exact) mass is 355 g/mol. The van der Waals surface area contributed by atoms with Crippen molar-refractivity contribution < 1.29 is 9.47 Å². The number of nitrogens with one attached hydrogen (secondary N) is 1. The molecule has 0 aromatic heterocycles. The molecule has 0 spiro atoms. The molecule has 0 bridgehead atoms. The third-order valence-corrected chi connectivity index (χ3v) is 3.54. The molecule has 0 aliphatic heterocycles. The molecular formula is C15H15BrClNO2. The topological polar surface area (TPSA) is 30.5 Å². The Morgan fingerprint density at radius 2 is 1.90 bits per heavy atom. The first-order valence-corrected chi connectivity index (χ1v) is 7.32. The zero-order valence-corrected chi connectivity index (χ0v) is 13.4. The molecule has 0 saturated carbocycles. The SMILES string of the molecule is COc1ccc(OCCNc2ccc(Cl)cc2)c(Br)c1. The van der Waals surface area contributed by atoms with E-state index >= 15 is 0 Å². The summed E-state index contributed by atoms with van der Waals surface area (Å²) in [6.45, 7) is 1.27. The van der Waals surface area contributed by atoms with Gasteiger partial charge in [-0.2, -0.15) is 0 Å². The van der Waals surface area contributed by atoms with Crippen molar-refractivity contribution in [2.75, 3.05) is 25.6 Å². The lowest BCUT2D eigenvalue weighted by Crippen LogP contribution is -2.11. The number of hydrogen-bond donors (Lipinski definition) is 1. The highest BCUT2D eigenvalue weighted by Gasteiger charge is 2.02. The van der Waals surface area contributed by atoms with Crippen LogP contribution in [0.4, 0.5) is 5.69 Å². The van der Waals surface area contributed by atoms with Crippen molar-refractivity contribution in [2.45, 2.75) is 0 Å². The average molecular weight is 357 g/mol. The summed E-state index contributed by atoms with van der Waals surface area (Å²) in [7, 11) is 1.64. The summed E-state index contributed by atoms with van der Waals surface area (Å²) < 4.78 is 11.7. The van der Waals surface area contributed by atoms with Gasteiger partial charge >= 0.3 is 0 Å². The lowest BCUT2D eigenvalue weighted by Gasteiger charge is -2.11. The largest absolute Gasteiger partial charge is 0.497 e. The summed E-state index contributed by atoms with van der Waals surface area (Å²) in [6.07, 6.45) is 0. The maximum absolute atomic E-state index is 5.83. The summed E-state index contributed by atoms with van der Waals surface area (Å²) in [5.41, 5.74) is 1.02. The molecule has 1 N–H and O–H groups in total. The number of rotatable bonds is 6. The molecule has 2 aromatic carbocycles. The van der Waals surface area contributed by atoms with Crippen LogP contribution < -0.4 is 14.8 Å². The van der Waals surface area contributed by atoms with Crippen molar-refractivity contribution in [1.29, 1.82) is 0 Å². The fourth-order valence-corrected chi connectivity index (χ4v) is 2.25. The van der Waals surface area contributed by atoms with Crippen LogP contribution in [0.15, 0.2) is 46.9 Å². The molecule has 5 heteroatoms. The maximum Gasteiger partial charge on any atom is 0.133 e. The number of methoxy groups -OCH3 is 1. The normalized spacial score (nSPS) is 10.2. The van der Waals surface area contributed by atoms with Gasteiger partial charge in [-0.1, -0.05) is 11.6 Å². The minimum absolute atomic E-state index is 0.563. The molecule has 3 nitrogen and oxygen atoms in total. The van der Waals surface area contributed by atoms with Gasteiger partial charge in [0.25, 0.3) is 0 Å². The van der Waals surface area contributed by atoms with Crippen LogP contribution >= 0.6 is 27.5 Å². The highest BCUT2D eigenvalue weighted by Crippen LogP contribution is 2.28. The fraction of sp³-hybridized carbons (Fsp3) is 0.200. The van der Waals surface area contributed by atoms with Crippen molar-refractivity contribution >= 4 is 33.2 Å². The summed E-state index contributed by atoms with van der Waals surface area (Å²) in [5, 5.41) is 3.99. The first kappa shape index (κ1) is 15.0. The minimum Gasteiger partial charge on any atom is -0.497 e.